The second-order valence-corrected chi connectivity index (χ2v) is 8.50. The maximum absolute atomic E-state index is 8.15. The van der Waals surface area contributed by atoms with Crippen molar-refractivity contribution < 1.29 is 8.53 Å². The molecule has 1 heterocycles. The van der Waals surface area contributed by atoms with Gasteiger partial charge in [-0.25, -0.2) is 0 Å². The number of hydrogen-bond donors (Lipinski definition) is 0. The summed E-state index contributed by atoms with van der Waals surface area (Å²) in [5, 5.41) is 6.05. The first-order chi connectivity index (χ1) is 14.1. The second-order valence-electron chi connectivity index (χ2n) is 8.50. The molecule has 0 saturated heterocycles. The molecule has 1 nitrogen and oxygen atoms in total. The van der Waals surface area contributed by atoms with Crippen molar-refractivity contribution in [2.45, 2.75) is 40.0 Å². The van der Waals surface area contributed by atoms with Crippen molar-refractivity contribution in [3.8, 4) is 0 Å². The SMILES string of the molecule is [2H]C([2H])([2H])c1cc(C)c(C(C)(C)C)c2oc3c4ccc5ccccc5c4ccc3c12. The summed E-state index contributed by atoms with van der Waals surface area (Å²) in [4.78, 5) is 0. The van der Waals surface area contributed by atoms with Crippen LogP contribution in [-0.2, 0) is 5.41 Å². The average molecular weight is 355 g/mol. The predicted molar refractivity (Wildman–Crippen MR) is 117 cm³/mol. The summed E-state index contributed by atoms with van der Waals surface area (Å²) in [6.45, 7) is 6.19. The molecule has 0 aliphatic heterocycles. The molecular weight excluding hydrogens is 328 g/mol. The Morgan fingerprint density at radius 1 is 0.778 bits per heavy atom. The first-order valence-electron chi connectivity index (χ1n) is 10.9. The van der Waals surface area contributed by atoms with Crippen molar-refractivity contribution in [1.82, 2.24) is 0 Å². The lowest BCUT2D eigenvalue weighted by Crippen LogP contribution is -2.13. The fraction of sp³-hybridized carbons (Fsp3) is 0.231. The van der Waals surface area contributed by atoms with E-state index in [1.54, 1.807) is 0 Å². The first kappa shape index (κ1) is 13.4. The van der Waals surface area contributed by atoms with Gasteiger partial charge in [-0.3, -0.25) is 0 Å². The summed E-state index contributed by atoms with van der Waals surface area (Å²) < 4.78 is 31.0. The second kappa shape index (κ2) is 5.36. The molecule has 5 rings (SSSR count). The maximum Gasteiger partial charge on any atom is 0.143 e. The average Bonchev–Trinajstić information content (AvgIpc) is 3.04. The van der Waals surface area contributed by atoms with Gasteiger partial charge in [-0.05, 0) is 58.6 Å². The van der Waals surface area contributed by atoms with Crippen molar-refractivity contribution in [3.05, 3.63) is 71.3 Å². The van der Waals surface area contributed by atoms with Gasteiger partial charge in [0, 0.05) is 25.8 Å². The summed E-state index contributed by atoms with van der Waals surface area (Å²) in [6, 6.07) is 18.4. The van der Waals surface area contributed by atoms with E-state index in [4.69, 9.17) is 8.53 Å². The Balaban J connectivity index is 2.04. The minimum absolute atomic E-state index is 0.175. The van der Waals surface area contributed by atoms with Crippen LogP contribution in [0.25, 0.3) is 43.5 Å². The molecule has 0 fully saturated rings. The van der Waals surface area contributed by atoms with Gasteiger partial charge in [0.1, 0.15) is 11.2 Å². The van der Waals surface area contributed by atoms with Crippen LogP contribution in [0.2, 0.25) is 0 Å². The molecular formula is C26H24O. The third-order valence-electron chi connectivity index (χ3n) is 5.58. The first-order valence-corrected chi connectivity index (χ1v) is 9.38. The summed E-state index contributed by atoms with van der Waals surface area (Å²) in [5.74, 6) is 0. The standard InChI is InChI=1S/C26H24O/c1-15-14-16(2)23(26(3,4)5)25-22(15)21-13-12-19-18-9-7-6-8-17(18)10-11-20(19)24(21)27-25/h6-14H,1-5H3/i1D3. The molecule has 5 aromatic rings. The van der Waals surface area contributed by atoms with Gasteiger partial charge in [-0.15, -0.1) is 0 Å². The highest BCUT2D eigenvalue weighted by atomic mass is 16.3. The van der Waals surface area contributed by atoms with Gasteiger partial charge in [-0.2, -0.15) is 0 Å². The quantitative estimate of drug-likeness (QED) is 0.258. The molecule has 0 spiro atoms. The molecule has 0 unspecified atom stereocenters. The molecule has 27 heavy (non-hydrogen) atoms. The third kappa shape index (κ3) is 2.24. The van der Waals surface area contributed by atoms with Crippen molar-refractivity contribution in [2.24, 2.45) is 0 Å². The molecule has 0 aliphatic rings. The number of furan rings is 1. The van der Waals surface area contributed by atoms with Crippen LogP contribution < -0.4 is 0 Å². The Labute approximate surface area is 163 Å². The number of rotatable bonds is 0. The Hall–Kier alpha value is -2.80. The topological polar surface area (TPSA) is 13.1 Å². The highest BCUT2D eigenvalue weighted by molar-refractivity contribution is 6.21. The Morgan fingerprint density at radius 2 is 1.52 bits per heavy atom. The lowest BCUT2D eigenvalue weighted by molar-refractivity contribution is 0.569. The molecule has 134 valence electrons. The monoisotopic (exact) mass is 355 g/mol. The lowest BCUT2D eigenvalue weighted by Gasteiger charge is -2.22. The van der Waals surface area contributed by atoms with E-state index >= 15 is 0 Å². The van der Waals surface area contributed by atoms with Crippen LogP contribution in [0.3, 0.4) is 0 Å². The predicted octanol–water partition coefficient (Wildman–Crippen LogP) is 7.81. The van der Waals surface area contributed by atoms with E-state index in [9.17, 15) is 0 Å². The van der Waals surface area contributed by atoms with Gasteiger partial charge in [0.15, 0.2) is 0 Å². The minimum atomic E-state index is -2.21. The van der Waals surface area contributed by atoms with Crippen LogP contribution in [0.4, 0.5) is 0 Å². The van der Waals surface area contributed by atoms with Gasteiger partial charge >= 0.3 is 0 Å². The van der Waals surface area contributed by atoms with Gasteiger partial charge in [0.25, 0.3) is 0 Å². The summed E-state index contributed by atoms with van der Waals surface area (Å²) >= 11 is 0. The number of aryl methyl sites for hydroxylation is 2. The Bertz CT molecular complexity index is 1460. The molecule has 1 heteroatoms. The number of fused-ring (bicyclic) bond motifs is 7. The van der Waals surface area contributed by atoms with Crippen LogP contribution in [0.1, 0.15) is 41.6 Å². The van der Waals surface area contributed by atoms with Crippen LogP contribution in [0, 0.1) is 13.8 Å². The largest absolute Gasteiger partial charge is 0.455 e. The fourth-order valence-electron chi connectivity index (χ4n) is 4.56. The molecule has 0 amide bonds. The third-order valence-corrected chi connectivity index (χ3v) is 5.58. The summed E-state index contributed by atoms with van der Waals surface area (Å²) in [6.07, 6.45) is 0. The zero-order valence-electron chi connectivity index (χ0n) is 19.1. The molecule has 0 aliphatic carbocycles. The highest BCUT2D eigenvalue weighted by Crippen LogP contribution is 2.42. The van der Waals surface area contributed by atoms with Crippen molar-refractivity contribution >= 4 is 43.5 Å². The van der Waals surface area contributed by atoms with Crippen LogP contribution in [0.5, 0.6) is 0 Å². The van der Waals surface area contributed by atoms with E-state index in [2.05, 4.69) is 51.1 Å². The molecule has 0 saturated carbocycles. The lowest BCUT2D eigenvalue weighted by atomic mass is 9.82. The summed E-state index contributed by atoms with van der Waals surface area (Å²) in [5.41, 5.74) is 3.66. The van der Waals surface area contributed by atoms with Gasteiger partial charge in [0.05, 0.1) is 0 Å². The zero-order valence-corrected chi connectivity index (χ0v) is 16.1. The Kier molecular flexibility index (Phi) is 2.65. The molecule has 0 atom stereocenters. The maximum atomic E-state index is 8.15. The molecule has 0 radical (unpaired) electrons. The van der Waals surface area contributed by atoms with Crippen molar-refractivity contribution in [2.75, 3.05) is 0 Å². The molecule has 4 aromatic carbocycles. The molecule has 0 N–H and O–H groups in total. The van der Waals surface area contributed by atoms with E-state index in [1.807, 2.05) is 31.2 Å². The van der Waals surface area contributed by atoms with Crippen LogP contribution in [0.15, 0.2) is 59.0 Å². The van der Waals surface area contributed by atoms with E-state index in [-0.39, 0.29) is 5.41 Å². The van der Waals surface area contributed by atoms with Gasteiger partial charge in [0.2, 0.25) is 0 Å². The van der Waals surface area contributed by atoms with Crippen molar-refractivity contribution in [3.63, 3.8) is 0 Å². The number of hydrogen-bond acceptors (Lipinski definition) is 1. The Morgan fingerprint density at radius 3 is 2.30 bits per heavy atom. The van der Waals surface area contributed by atoms with E-state index in [1.165, 1.54) is 10.8 Å². The summed E-state index contributed by atoms with van der Waals surface area (Å²) in [7, 11) is 0. The normalized spacial score (nSPS) is 14.7. The fourth-order valence-corrected chi connectivity index (χ4v) is 4.56. The van der Waals surface area contributed by atoms with Gasteiger partial charge in [-0.1, -0.05) is 63.2 Å². The van der Waals surface area contributed by atoms with Crippen LogP contribution in [-0.4, -0.2) is 0 Å². The molecule has 0 bridgehead atoms. The highest BCUT2D eigenvalue weighted by Gasteiger charge is 2.25. The van der Waals surface area contributed by atoms with Crippen LogP contribution >= 0.6 is 0 Å². The van der Waals surface area contributed by atoms with Gasteiger partial charge < -0.3 is 4.42 Å². The zero-order chi connectivity index (χ0) is 21.4. The number of benzene rings is 4. The van der Waals surface area contributed by atoms with Crippen molar-refractivity contribution in [1.29, 1.82) is 0 Å². The molecule has 1 aromatic heterocycles. The smallest absolute Gasteiger partial charge is 0.143 e. The minimum Gasteiger partial charge on any atom is -0.455 e. The van der Waals surface area contributed by atoms with E-state index in [0.29, 0.717) is 11.1 Å². The van der Waals surface area contributed by atoms with E-state index < -0.39 is 6.85 Å². The van der Waals surface area contributed by atoms with E-state index in [0.717, 1.165) is 38.3 Å².